The molecule has 10 aromatic rings. The van der Waals surface area contributed by atoms with Gasteiger partial charge in [-0.25, -0.2) is 9.97 Å². The summed E-state index contributed by atoms with van der Waals surface area (Å²) in [4.78, 5) is 10.6. The molecule has 0 amide bonds. The van der Waals surface area contributed by atoms with Gasteiger partial charge in [-0.15, -0.1) is 11.3 Å². The standard InChI is InChI=1S/C48H30N2S/c1-2-11-31(12-3-1)38-27-39(41-18-10-20-46-47(41)42-17-8-9-19-45(42)51-46)29-40(28-38)44-30-43(36-23-21-32-13-4-6-15-34(32)25-36)49-48(50-44)37-24-22-33-14-5-7-16-35(33)26-37/h1-30H. The first-order chi connectivity index (χ1) is 25.2. The molecule has 0 bridgehead atoms. The van der Waals surface area contributed by atoms with Crippen LogP contribution in [-0.4, -0.2) is 9.97 Å². The predicted molar refractivity (Wildman–Crippen MR) is 217 cm³/mol. The highest BCUT2D eigenvalue weighted by Gasteiger charge is 2.16. The Bertz CT molecular complexity index is 2830. The Balaban J connectivity index is 1.23. The molecule has 0 radical (unpaired) electrons. The highest BCUT2D eigenvalue weighted by molar-refractivity contribution is 7.25. The topological polar surface area (TPSA) is 25.8 Å². The minimum absolute atomic E-state index is 0.707. The number of hydrogen-bond acceptors (Lipinski definition) is 3. The molecule has 2 nitrogen and oxygen atoms in total. The lowest BCUT2D eigenvalue weighted by molar-refractivity contribution is 1.18. The maximum absolute atomic E-state index is 5.33. The molecule has 2 aromatic heterocycles. The summed E-state index contributed by atoms with van der Waals surface area (Å²) in [6.07, 6.45) is 0. The molecule has 51 heavy (non-hydrogen) atoms. The Labute approximate surface area is 300 Å². The van der Waals surface area contributed by atoms with Crippen molar-refractivity contribution in [1.29, 1.82) is 0 Å². The fraction of sp³-hybridized carbons (Fsp3) is 0. The molecule has 0 spiro atoms. The van der Waals surface area contributed by atoms with Crippen molar-refractivity contribution in [3.63, 3.8) is 0 Å². The van der Waals surface area contributed by atoms with E-state index >= 15 is 0 Å². The Kier molecular flexibility index (Phi) is 7.04. The number of hydrogen-bond donors (Lipinski definition) is 0. The zero-order valence-corrected chi connectivity index (χ0v) is 28.4. The molecule has 0 saturated carbocycles. The molecular formula is C48H30N2S. The van der Waals surface area contributed by atoms with Gasteiger partial charge in [0, 0.05) is 36.9 Å². The minimum Gasteiger partial charge on any atom is -0.228 e. The summed E-state index contributed by atoms with van der Waals surface area (Å²) in [6, 6.07) is 65.2. The molecule has 10 rings (SSSR count). The SMILES string of the molecule is c1ccc(-c2cc(-c3cc(-c4ccc5ccccc5c4)nc(-c4ccc5ccccc5c4)n3)cc(-c3cccc4sc5ccccc5c34)c2)cc1. The van der Waals surface area contributed by atoms with Crippen LogP contribution in [0.5, 0.6) is 0 Å². The van der Waals surface area contributed by atoms with E-state index in [1.807, 2.05) is 11.3 Å². The summed E-state index contributed by atoms with van der Waals surface area (Å²) in [6.45, 7) is 0. The van der Waals surface area contributed by atoms with E-state index in [-0.39, 0.29) is 0 Å². The lowest BCUT2D eigenvalue weighted by Crippen LogP contribution is -1.97. The maximum atomic E-state index is 5.33. The Hall–Kier alpha value is -6.42. The number of rotatable bonds is 5. The molecule has 0 N–H and O–H groups in total. The highest BCUT2D eigenvalue weighted by Crippen LogP contribution is 2.42. The zero-order valence-electron chi connectivity index (χ0n) is 27.6. The molecule has 0 aliphatic rings. The van der Waals surface area contributed by atoms with Crippen LogP contribution < -0.4 is 0 Å². The van der Waals surface area contributed by atoms with E-state index in [4.69, 9.17) is 9.97 Å². The van der Waals surface area contributed by atoms with Crippen LogP contribution in [0.2, 0.25) is 0 Å². The van der Waals surface area contributed by atoms with Gasteiger partial charge in [-0.1, -0.05) is 133 Å². The largest absolute Gasteiger partial charge is 0.228 e. The number of thiophene rings is 1. The zero-order chi connectivity index (χ0) is 33.7. The van der Waals surface area contributed by atoms with Gasteiger partial charge in [0.2, 0.25) is 0 Å². The van der Waals surface area contributed by atoms with E-state index in [9.17, 15) is 0 Å². The van der Waals surface area contributed by atoms with Crippen LogP contribution in [0, 0.1) is 0 Å². The third-order valence-electron chi connectivity index (χ3n) is 9.83. The van der Waals surface area contributed by atoms with Gasteiger partial charge in [0.1, 0.15) is 0 Å². The second-order valence-corrected chi connectivity index (χ2v) is 14.1. The first kappa shape index (κ1) is 29.5. The summed E-state index contributed by atoms with van der Waals surface area (Å²) in [5, 5.41) is 7.35. The molecule has 0 aliphatic heterocycles. The van der Waals surface area contributed by atoms with Crippen LogP contribution in [-0.2, 0) is 0 Å². The first-order valence-corrected chi connectivity index (χ1v) is 18.0. The van der Waals surface area contributed by atoms with E-state index < -0.39 is 0 Å². The summed E-state index contributed by atoms with van der Waals surface area (Å²) < 4.78 is 2.59. The second-order valence-electron chi connectivity index (χ2n) is 13.0. The van der Waals surface area contributed by atoms with E-state index in [0.29, 0.717) is 5.82 Å². The van der Waals surface area contributed by atoms with E-state index in [1.54, 1.807) is 0 Å². The van der Waals surface area contributed by atoms with E-state index in [2.05, 4.69) is 182 Å². The molecular weight excluding hydrogens is 637 g/mol. The van der Waals surface area contributed by atoms with Gasteiger partial charge in [0.15, 0.2) is 5.82 Å². The van der Waals surface area contributed by atoms with Crippen molar-refractivity contribution in [1.82, 2.24) is 9.97 Å². The summed E-state index contributed by atoms with van der Waals surface area (Å²) in [5.41, 5.74) is 9.60. The number of nitrogens with zero attached hydrogens (tertiary/aromatic N) is 2. The number of benzene rings is 8. The smallest absolute Gasteiger partial charge is 0.160 e. The third-order valence-corrected chi connectivity index (χ3v) is 11.0. The van der Waals surface area contributed by atoms with Gasteiger partial charge in [-0.2, -0.15) is 0 Å². The highest BCUT2D eigenvalue weighted by atomic mass is 32.1. The Morgan fingerprint density at radius 2 is 0.922 bits per heavy atom. The Morgan fingerprint density at radius 3 is 1.71 bits per heavy atom. The van der Waals surface area contributed by atoms with E-state index in [0.717, 1.165) is 33.6 Å². The van der Waals surface area contributed by atoms with Crippen molar-refractivity contribution >= 4 is 53.1 Å². The molecule has 0 atom stereocenters. The lowest BCUT2D eigenvalue weighted by atomic mass is 9.92. The molecule has 238 valence electrons. The van der Waals surface area contributed by atoms with Crippen LogP contribution >= 0.6 is 11.3 Å². The fourth-order valence-electron chi connectivity index (χ4n) is 7.29. The third kappa shape index (κ3) is 5.36. The minimum atomic E-state index is 0.707. The van der Waals surface area contributed by atoms with E-state index in [1.165, 1.54) is 58.4 Å². The Morgan fingerprint density at radius 1 is 0.333 bits per heavy atom. The van der Waals surface area contributed by atoms with Crippen molar-refractivity contribution in [2.45, 2.75) is 0 Å². The second kappa shape index (κ2) is 12.2. The molecule has 0 fully saturated rings. The van der Waals surface area contributed by atoms with Gasteiger partial charge in [0.05, 0.1) is 11.4 Å². The lowest BCUT2D eigenvalue weighted by Gasteiger charge is -2.14. The van der Waals surface area contributed by atoms with Gasteiger partial charge in [-0.3, -0.25) is 0 Å². The van der Waals surface area contributed by atoms with Crippen LogP contribution in [0.3, 0.4) is 0 Å². The number of aromatic nitrogens is 2. The van der Waals surface area contributed by atoms with Crippen molar-refractivity contribution in [2.24, 2.45) is 0 Å². The summed E-state index contributed by atoms with van der Waals surface area (Å²) in [5.74, 6) is 0.707. The van der Waals surface area contributed by atoms with Crippen LogP contribution in [0.15, 0.2) is 182 Å². The van der Waals surface area contributed by atoms with Crippen molar-refractivity contribution in [3.8, 4) is 56.2 Å². The van der Waals surface area contributed by atoms with Crippen LogP contribution in [0.1, 0.15) is 0 Å². The molecule has 0 unspecified atom stereocenters. The number of fused-ring (bicyclic) bond motifs is 5. The normalized spacial score (nSPS) is 11.5. The van der Waals surface area contributed by atoms with Crippen LogP contribution in [0.4, 0.5) is 0 Å². The maximum Gasteiger partial charge on any atom is 0.160 e. The van der Waals surface area contributed by atoms with Gasteiger partial charge in [0.25, 0.3) is 0 Å². The molecule has 3 heteroatoms. The van der Waals surface area contributed by atoms with Gasteiger partial charge >= 0.3 is 0 Å². The molecule has 8 aromatic carbocycles. The summed E-state index contributed by atoms with van der Waals surface area (Å²) in [7, 11) is 0. The van der Waals surface area contributed by atoms with Crippen molar-refractivity contribution in [3.05, 3.63) is 182 Å². The van der Waals surface area contributed by atoms with Gasteiger partial charge in [-0.05, 0) is 92.3 Å². The molecule has 0 saturated heterocycles. The molecule has 0 aliphatic carbocycles. The predicted octanol–water partition coefficient (Wildman–Crippen LogP) is 13.5. The average Bonchev–Trinajstić information content (AvgIpc) is 3.59. The first-order valence-electron chi connectivity index (χ1n) is 17.2. The fourth-order valence-corrected chi connectivity index (χ4v) is 8.42. The average molecular weight is 667 g/mol. The van der Waals surface area contributed by atoms with Crippen LogP contribution in [0.25, 0.3) is 97.9 Å². The van der Waals surface area contributed by atoms with Crippen molar-refractivity contribution in [2.75, 3.05) is 0 Å². The summed E-state index contributed by atoms with van der Waals surface area (Å²) >= 11 is 1.85. The van der Waals surface area contributed by atoms with Gasteiger partial charge < -0.3 is 0 Å². The quantitative estimate of drug-likeness (QED) is 0.183. The van der Waals surface area contributed by atoms with Crippen molar-refractivity contribution < 1.29 is 0 Å². The monoisotopic (exact) mass is 666 g/mol. The molecule has 2 heterocycles.